The second kappa shape index (κ2) is 4.24. The summed E-state index contributed by atoms with van der Waals surface area (Å²) in [6, 6.07) is 14.5. The fourth-order valence-electron chi connectivity index (χ4n) is 1.87. The molecule has 0 saturated heterocycles. The molecule has 0 heterocycles. The van der Waals surface area contributed by atoms with Crippen LogP contribution in [0.3, 0.4) is 0 Å². The van der Waals surface area contributed by atoms with Gasteiger partial charge in [0.1, 0.15) is 0 Å². The number of hydrogen-bond donors (Lipinski definition) is 0. The lowest BCUT2D eigenvalue weighted by molar-refractivity contribution is 1.39. The Labute approximate surface area is 96.9 Å². The van der Waals surface area contributed by atoms with Crippen LogP contribution in [0.5, 0.6) is 0 Å². The van der Waals surface area contributed by atoms with Gasteiger partial charge in [-0.3, -0.25) is 0 Å². The standard InChI is InChI=1S/C16H14/c1-4-14-7-5-6-8-15(14)16-11-12(2)9-10-13(16)3/h1,5-11H,2-3H3. The highest BCUT2D eigenvalue weighted by molar-refractivity contribution is 5.74. The van der Waals surface area contributed by atoms with Gasteiger partial charge in [-0.2, -0.15) is 0 Å². The van der Waals surface area contributed by atoms with Crippen LogP contribution in [-0.4, -0.2) is 0 Å². The van der Waals surface area contributed by atoms with E-state index in [0.29, 0.717) is 0 Å². The van der Waals surface area contributed by atoms with Gasteiger partial charge in [-0.05, 0) is 36.6 Å². The van der Waals surface area contributed by atoms with E-state index in [1.54, 1.807) is 0 Å². The summed E-state index contributed by atoms with van der Waals surface area (Å²) < 4.78 is 0. The number of rotatable bonds is 1. The zero-order valence-corrected chi connectivity index (χ0v) is 9.62. The summed E-state index contributed by atoms with van der Waals surface area (Å²) in [5.41, 5.74) is 5.84. The summed E-state index contributed by atoms with van der Waals surface area (Å²) in [6.07, 6.45) is 5.53. The van der Waals surface area contributed by atoms with Crippen LogP contribution in [0, 0.1) is 26.2 Å². The molecule has 0 aromatic heterocycles. The Kier molecular flexibility index (Phi) is 2.79. The maximum atomic E-state index is 5.53. The van der Waals surface area contributed by atoms with Crippen molar-refractivity contribution in [2.24, 2.45) is 0 Å². The average molecular weight is 206 g/mol. The maximum absolute atomic E-state index is 5.53. The molecule has 0 aliphatic heterocycles. The summed E-state index contributed by atoms with van der Waals surface area (Å²) in [6.45, 7) is 4.21. The van der Waals surface area contributed by atoms with Crippen molar-refractivity contribution >= 4 is 0 Å². The summed E-state index contributed by atoms with van der Waals surface area (Å²) in [5, 5.41) is 0. The monoisotopic (exact) mass is 206 g/mol. The Morgan fingerprint density at radius 1 is 0.938 bits per heavy atom. The van der Waals surface area contributed by atoms with Crippen LogP contribution in [0.15, 0.2) is 42.5 Å². The van der Waals surface area contributed by atoms with Crippen LogP contribution in [0.4, 0.5) is 0 Å². The quantitative estimate of drug-likeness (QED) is 0.620. The summed E-state index contributed by atoms with van der Waals surface area (Å²) in [7, 11) is 0. The SMILES string of the molecule is C#Cc1ccccc1-c1cc(C)ccc1C. The highest BCUT2D eigenvalue weighted by Gasteiger charge is 2.05. The smallest absolute Gasteiger partial charge is 0.0321 e. The fraction of sp³-hybridized carbons (Fsp3) is 0.125. The first-order valence-corrected chi connectivity index (χ1v) is 5.35. The molecule has 0 heteroatoms. The van der Waals surface area contributed by atoms with Crippen LogP contribution in [0.25, 0.3) is 11.1 Å². The van der Waals surface area contributed by atoms with Gasteiger partial charge in [0.15, 0.2) is 0 Å². The molecular weight excluding hydrogens is 192 g/mol. The molecule has 0 aliphatic rings. The Hall–Kier alpha value is -2.00. The predicted molar refractivity (Wildman–Crippen MR) is 69.3 cm³/mol. The molecule has 2 rings (SSSR count). The molecule has 0 fully saturated rings. The number of benzene rings is 2. The van der Waals surface area contributed by atoms with Gasteiger partial charge in [-0.15, -0.1) is 6.42 Å². The van der Waals surface area contributed by atoms with Crippen molar-refractivity contribution < 1.29 is 0 Å². The second-order valence-electron chi connectivity index (χ2n) is 4.01. The van der Waals surface area contributed by atoms with Crippen molar-refractivity contribution in [2.75, 3.05) is 0 Å². The molecule has 0 atom stereocenters. The van der Waals surface area contributed by atoms with E-state index in [9.17, 15) is 0 Å². The van der Waals surface area contributed by atoms with Crippen molar-refractivity contribution in [1.82, 2.24) is 0 Å². The van der Waals surface area contributed by atoms with E-state index < -0.39 is 0 Å². The van der Waals surface area contributed by atoms with Crippen molar-refractivity contribution in [3.63, 3.8) is 0 Å². The molecule has 0 radical (unpaired) electrons. The van der Waals surface area contributed by atoms with E-state index >= 15 is 0 Å². The molecule has 0 amide bonds. The highest BCUT2D eigenvalue weighted by atomic mass is 14.1. The molecule has 16 heavy (non-hydrogen) atoms. The van der Waals surface area contributed by atoms with Crippen LogP contribution in [-0.2, 0) is 0 Å². The Morgan fingerprint density at radius 3 is 2.44 bits per heavy atom. The maximum Gasteiger partial charge on any atom is 0.0321 e. The topological polar surface area (TPSA) is 0 Å². The number of hydrogen-bond acceptors (Lipinski definition) is 0. The molecule has 0 unspecified atom stereocenters. The lowest BCUT2D eigenvalue weighted by atomic mass is 9.95. The number of aryl methyl sites for hydroxylation is 2. The van der Waals surface area contributed by atoms with E-state index in [1.807, 2.05) is 18.2 Å². The van der Waals surface area contributed by atoms with Crippen molar-refractivity contribution in [1.29, 1.82) is 0 Å². The third-order valence-electron chi connectivity index (χ3n) is 2.77. The molecule has 2 aromatic carbocycles. The lowest BCUT2D eigenvalue weighted by Gasteiger charge is -2.09. The van der Waals surface area contributed by atoms with Crippen molar-refractivity contribution in [2.45, 2.75) is 13.8 Å². The Balaban J connectivity index is 2.68. The average Bonchev–Trinajstić information content (AvgIpc) is 2.32. The fourth-order valence-corrected chi connectivity index (χ4v) is 1.87. The second-order valence-corrected chi connectivity index (χ2v) is 4.01. The van der Waals surface area contributed by atoms with Crippen molar-refractivity contribution in [3.8, 4) is 23.5 Å². The van der Waals surface area contributed by atoms with E-state index in [-0.39, 0.29) is 0 Å². The third-order valence-corrected chi connectivity index (χ3v) is 2.77. The minimum absolute atomic E-state index is 0.955. The first-order valence-electron chi connectivity index (χ1n) is 5.35. The molecule has 0 bridgehead atoms. The third kappa shape index (κ3) is 1.85. The molecule has 0 nitrogen and oxygen atoms in total. The van der Waals surface area contributed by atoms with E-state index in [2.05, 4.69) is 44.0 Å². The zero-order valence-electron chi connectivity index (χ0n) is 9.62. The van der Waals surface area contributed by atoms with Crippen LogP contribution in [0.1, 0.15) is 16.7 Å². The minimum Gasteiger partial charge on any atom is -0.115 e. The first-order chi connectivity index (χ1) is 7.72. The van der Waals surface area contributed by atoms with Crippen LogP contribution >= 0.6 is 0 Å². The van der Waals surface area contributed by atoms with Gasteiger partial charge < -0.3 is 0 Å². The van der Waals surface area contributed by atoms with E-state index in [0.717, 1.165) is 11.1 Å². The zero-order chi connectivity index (χ0) is 11.5. The summed E-state index contributed by atoms with van der Waals surface area (Å²) in [5.74, 6) is 2.74. The van der Waals surface area contributed by atoms with Crippen LogP contribution < -0.4 is 0 Å². The molecule has 0 N–H and O–H groups in total. The van der Waals surface area contributed by atoms with Gasteiger partial charge in [-0.1, -0.05) is 47.9 Å². The van der Waals surface area contributed by atoms with Gasteiger partial charge in [0, 0.05) is 5.56 Å². The van der Waals surface area contributed by atoms with E-state index in [1.165, 1.54) is 16.7 Å². The predicted octanol–water partition coefficient (Wildman–Crippen LogP) is 3.95. The Bertz CT molecular complexity index is 556. The van der Waals surface area contributed by atoms with Gasteiger partial charge in [0.2, 0.25) is 0 Å². The first kappa shape index (κ1) is 10.5. The molecular formula is C16H14. The number of terminal acetylenes is 1. The van der Waals surface area contributed by atoms with Crippen molar-refractivity contribution in [3.05, 3.63) is 59.2 Å². The van der Waals surface area contributed by atoms with Gasteiger partial charge in [0.25, 0.3) is 0 Å². The molecule has 0 spiro atoms. The van der Waals surface area contributed by atoms with Gasteiger partial charge in [0.05, 0.1) is 0 Å². The largest absolute Gasteiger partial charge is 0.115 e. The van der Waals surface area contributed by atoms with Gasteiger partial charge in [-0.25, -0.2) is 0 Å². The summed E-state index contributed by atoms with van der Waals surface area (Å²) >= 11 is 0. The summed E-state index contributed by atoms with van der Waals surface area (Å²) in [4.78, 5) is 0. The molecule has 2 aromatic rings. The normalized spacial score (nSPS) is 9.81. The Morgan fingerprint density at radius 2 is 1.69 bits per heavy atom. The highest BCUT2D eigenvalue weighted by Crippen LogP contribution is 2.27. The molecule has 78 valence electrons. The minimum atomic E-state index is 0.955. The van der Waals surface area contributed by atoms with Crippen LogP contribution in [0.2, 0.25) is 0 Å². The van der Waals surface area contributed by atoms with Gasteiger partial charge >= 0.3 is 0 Å². The van der Waals surface area contributed by atoms with E-state index in [4.69, 9.17) is 6.42 Å². The molecule has 0 aliphatic carbocycles. The molecule has 0 saturated carbocycles. The lowest BCUT2D eigenvalue weighted by Crippen LogP contribution is -1.88.